The molecule has 0 aliphatic heterocycles. The van der Waals surface area contributed by atoms with Crippen LogP contribution in [0.2, 0.25) is 0 Å². The van der Waals surface area contributed by atoms with Gasteiger partial charge in [-0.05, 0) is 31.1 Å². The molecule has 1 saturated carbocycles. The third-order valence-electron chi connectivity index (χ3n) is 2.18. The van der Waals surface area contributed by atoms with Crippen LogP contribution in [-0.2, 0) is 9.53 Å². The maximum atomic E-state index is 9.73. The van der Waals surface area contributed by atoms with Gasteiger partial charge in [0.25, 0.3) is 6.47 Å². The molecule has 0 bridgehead atoms. The summed E-state index contributed by atoms with van der Waals surface area (Å²) >= 11 is 0. The molecule has 1 aliphatic rings. The minimum atomic E-state index is 0.530. The Morgan fingerprint density at radius 1 is 1.60 bits per heavy atom. The van der Waals surface area contributed by atoms with Gasteiger partial charge in [0.1, 0.15) is 0 Å². The van der Waals surface area contributed by atoms with Crippen molar-refractivity contribution in [3.8, 4) is 0 Å². The highest BCUT2D eigenvalue weighted by Gasteiger charge is 2.24. The molecular formula is C8H14O2. The fourth-order valence-corrected chi connectivity index (χ4v) is 1.59. The first-order chi connectivity index (χ1) is 4.83. The molecule has 1 aliphatic carbocycles. The van der Waals surface area contributed by atoms with E-state index in [-0.39, 0.29) is 0 Å². The van der Waals surface area contributed by atoms with Crippen molar-refractivity contribution in [3.05, 3.63) is 0 Å². The van der Waals surface area contributed by atoms with Gasteiger partial charge in [0.2, 0.25) is 0 Å². The molecule has 0 spiro atoms. The topological polar surface area (TPSA) is 26.3 Å². The summed E-state index contributed by atoms with van der Waals surface area (Å²) in [5, 5.41) is 0. The molecule has 0 N–H and O–H groups in total. The van der Waals surface area contributed by atoms with Crippen molar-refractivity contribution >= 4 is 6.47 Å². The molecule has 1 fully saturated rings. The van der Waals surface area contributed by atoms with Gasteiger partial charge in [-0.15, -0.1) is 0 Å². The average molecular weight is 142 g/mol. The van der Waals surface area contributed by atoms with Crippen molar-refractivity contribution in [2.75, 3.05) is 6.61 Å². The molecule has 2 nitrogen and oxygen atoms in total. The molecule has 0 aromatic heterocycles. The highest BCUT2D eigenvalue weighted by molar-refractivity contribution is 5.36. The Morgan fingerprint density at radius 3 is 2.80 bits per heavy atom. The highest BCUT2D eigenvalue weighted by Crippen LogP contribution is 2.35. The summed E-state index contributed by atoms with van der Waals surface area (Å²) in [6.45, 7) is 3.40. The predicted octanol–water partition coefficient (Wildman–Crippen LogP) is 1.60. The standard InChI is InChI=1S/C8H14O2/c1-7-4-8(5-7)2-3-10-6-9/h6-8H,2-5H2,1H3. The molecule has 10 heavy (non-hydrogen) atoms. The predicted molar refractivity (Wildman–Crippen MR) is 38.5 cm³/mol. The second kappa shape index (κ2) is 3.59. The number of carbonyl (C=O) groups is 1. The number of hydrogen-bond acceptors (Lipinski definition) is 2. The normalized spacial score (nSPS) is 30.9. The van der Waals surface area contributed by atoms with Crippen molar-refractivity contribution in [2.45, 2.75) is 26.2 Å². The second-order valence-corrected chi connectivity index (χ2v) is 3.20. The van der Waals surface area contributed by atoms with E-state index in [2.05, 4.69) is 11.7 Å². The Labute approximate surface area is 61.6 Å². The third kappa shape index (κ3) is 2.01. The molecule has 0 aromatic carbocycles. The van der Waals surface area contributed by atoms with Gasteiger partial charge >= 0.3 is 0 Å². The maximum Gasteiger partial charge on any atom is 0.293 e. The average Bonchev–Trinajstić information content (AvgIpc) is 1.85. The second-order valence-electron chi connectivity index (χ2n) is 3.20. The largest absolute Gasteiger partial charge is 0.468 e. The SMILES string of the molecule is CC1CC(CCOC=O)C1. The van der Waals surface area contributed by atoms with Crippen LogP contribution in [0, 0.1) is 11.8 Å². The van der Waals surface area contributed by atoms with E-state index < -0.39 is 0 Å². The fraction of sp³-hybridized carbons (Fsp3) is 0.875. The van der Waals surface area contributed by atoms with E-state index in [4.69, 9.17) is 0 Å². The first-order valence-corrected chi connectivity index (χ1v) is 3.88. The van der Waals surface area contributed by atoms with Gasteiger partial charge in [0.05, 0.1) is 6.61 Å². The maximum absolute atomic E-state index is 9.73. The third-order valence-corrected chi connectivity index (χ3v) is 2.18. The Bertz CT molecular complexity index is 106. The molecule has 0 amide bonds. The zero-order valence-electron chi connectivity index (χ0n) is 6.38. The van der Waals surface area contributed by atoms with E-state index in [9.17, 15) is 4.79 Å². The summed E-state index contributed by atoms with van der Waals surface area (Å²) in [5.74, 6) is 1.73. The number of ether oxygens (including phenoxy) is 1. The minimum absolute atomic E-state index is 0.530. The lowest BCUT2D eigenvalue weighted by Crippen LogP contribution is -2.22. The van der Waals surface area contributed by atoms with Crippen LogP contribution in [0.5, 0.6) is 0 Å². The summed E-state index contributed by atoms with van der Waals surface area (Å²) in [4.78, 5) is 9.73. The summed E-state index contributed by atoms with van der Waals surface area (Å²) < 4.78 is 4.59. The Balaban J connectivity index is 1.90. The van der Waals surface area contributed by atoms with Crippen molar-refractivity contribution in [1.29, 1.82) is 0 Å². The van der Waals surface area contributed by atoms with Gasteiger partial charge in [0, 0.05) is 0 Å². The van der Waals surface area contributed by atoms with Crippen LogP contribution in [0.15, 0.2) is 0 Å². The monoisotopic (exact) mass is 142 g/mol. The van der Waals surface area contributed by atoms with Crippen molar-refractivity contribution < 1.29 is 9.53 Å². The molecule has 0 unspecified atom stereocenters. The zero-order chi connectivity index (χ0) is 7.40. The van der Waals surface area contributed by atoms with E-state index in [1.807, 2.05) is 0 Å². The quantitative estimate of drug-likeness (QED) is 0.440. The van der Waals surface area contributed by atoms with Gasteiger partial charge in [0.15, 0.2) is 0 Å². The molecule has 0 atom stereocenters. The Morgan fingerprint density at radius 2 is 2.30 bits per heavy atom. The van der Waals surface area contributed by atoms with Gasteiger partial charge in [-0.25, -0.2) is 0 Å². The molecule has 0 saturated heterocycles. The van der Waals surface area contributed by atoms with Gasteiger partial charge < -0.3 is 4.74 Å². The molecule has 0 heterocycles. The van der Waals surface area contributed by atoms with Crippen LogP contribution in [0.4, 0.5) is 0 Å². The van der Waals surface area contributed by atoms with Gasteiger partial charge in [-0.2, -0.15) is 0 Å². The molecule has 0 radical (unpaired) electrons. The van der Waals surface area contributed by atoms with E-state index in [1.54, 1.807) is 0 Å². The van der Waals surface area contributed by atoms with Crippen molar-refractivity contribution in [1.82, 2.24) is 0 Å². The molecule has 58 valence electrons. The number of rotatable bonds is 4. The van der Waals surface area contributed by atoms with E-state index in [0.29, 0.717) is 13.1 Å². The van der Waals surface area contributed by atoms with Crippen LogP contribution in [0.3, 0.4) is 0 Å². The van der Waals surface area contributed by atoms with Crippen LogP contribution in [0.25, 0.3) is 0 Å². The first-order valence-electron chi connectivity index (χ1n) is 3.88. The summed E-state index contributed by atoms with van der Waals surface area (Å²) in [6.07, 6.45) is 3.70. The van der Waals surface area contributed by atoms with Crippen molar-refractivity contribution in [3.63, 3.8) is 0 Å². The Hall–Kier alpha value is -0.530. The van der Waals surface area contributed by atoms with Gasteiger partial charge in [-0.1, -0.05) is 6.92 Å². The highest BCUT2D eigenvalue weighted by atomic mass is 16.5. The first kappa shape index (κ1) is 7.58. The van der Waals surface area contributed by atoms with E-state index in [0.717, 1.165) is 18.3 Å². The smallest absolute Gasteiger partial charge is 0.293 e. The number of hydrogen-bond donors (Lipinski definition) is 0. The Kier molecular flexibility index (Phi) is 2.72. The lowest BCUT2D eigenvalue weighted by Gasteiger charge is -2.32. The fourth-order valence-electron chi connectivity index (χ4n) is 1.59. The van der Waals surface area contributed by atoms with E-state index >= 15 is 0 Å². The van der Waals surface area contributed by atoms with Gasteiger partial charge in [-0.3, -0.25) is 4.79 Å². The van der Waals surface area contributed by atoms with Crippen molar-refractivity contribution in [2.24, 2.45) is 11.8 Å². The van der Waals surface area contributed by atoms with E-state index in [1.165, 1.54) is 12.8 Å². The molecule has 0 aromatic rings. The summed E-state index contributed by atoms with van der Waals surface area (Å²) in [7, 11) is 0. The summed E-state index contributed by atoms with van der Waals surface area (Å²) in [5.41, 5.74) is 0. The molecule has 2 heteroatoms. The zero-order valence-corrected chi connectivity index (χ0v) is 6.38. The van der Waals surface area contributed by atoms with Crippen LogP contribution in [0.1, 0.15) is 26.2 Å². The lowest BCUT2D eigenvalue weighted by molar-refractivity contribution is -0.129. The minimum Gasteiger partial charge on any atom is -0.468 e. The molecular weight excluding hydrogens is 128 g/mol. The molecule has 1 rings (SSSR count). The van der Waals surface area contributed by atoms with Crippen LogP contribution in [-0.4, -0.2) is 13.1 Å². The van der Waals surface area contributed by atoms with Crippen LogP contribution < -0.4 is 0 Å². The lowest BCUT2D eigenvalue weighted by atomic mass is 9.75. The van der Waals surface area contributed by atoms with Crippen LogP contribution >= 0.6 is 0 Å². The number of carbonyl (C=O) groups excluding carboxylic acids is 1. The summed E-state index contributed by atoms with van der Waals surface area (Å²) in [6, 6.07) is 0.